The normalized spacial score (nSPS) is 11.0. The van der Waals surface area contributed by atoms with Crippen molar-refractivity contribution in [1.29, 1.82) is 0 Å². The van der Waals surface area contributed by atoms with Gasteiger partial charge in [-0.1, -0.05) is 24.3 Å². The van der Waals surface area contributed by atoms with E-state index in [1.54, 1.807) is 23.0 Å². The summed E-state index contributed by atoms with van der Waals surface area (Å²) in [4.78, 5) is 17.1. The van der Waals surface area contributed by atoms with Gasteiger partial charge in [0.15, 0.2) is 5.65 Å². The van der Waals surface area contributed by atoms with E-state index in [2.05, 4.69) is 15.4 Å². The highest BCUT2D eigenvalue weighted by Crippen LogP contribution is 2.30. The minimum absolute atomic E-state index is 0.0532. The number of rotatable bonds is 4. The summed E-state index contributed by atoms with van der Waals surface area (Å²) in [5.41, 5.74) is 6.06. The Morgan fingerprint density at radius 3 is 2.59 bits per heavy atom. The zero-order valence-electron chi connectivity index (χ0n) is 16.5. The van der Waals surface area contributed by atoms with Crippen LogP contribution in [0.15, 0.2) is 54.7 Å². The Morgan fingerprint density at radius 2 is 1.83 bits per heavy atom. The number of nitrogens with one attached hydrogen (secondary N) is 1. The lowest BCUT2D eigenvalue weighted by Gasteiger charge is -2.10. The summed E-state index contributed by atoms with van der Waals surface area (Å²) in [6, 6.07) is 14.1. The van der Waals surface area contributed by atoms with Gasteiger partial charge in [0.25, 0.3) is 0 Å². The molecule has 0 fully saturated rings. The molecule has 2 aromatic heterocycles. The van der Waals surface area contributed by atoms with Gasteiger partial charge in [-0.3, -0.25) is 4.79 Å². The number of amides is 1. The van der Waals surface area contributed by atoms with Crippen molar-refractivity contribution in [3.63, 3.8) is 0 Å². The second kappa shape index (κ2) is 7.47. The van der Waals surface area contributed by atoms with Crippen LogP contribution < -0.4 is 5.32 Å². The number of aryl methyl sites for hydroxylation is 3. The monoisotopic (exact) mass is 388 g/mol. The summed E-state index contributed by atoms with van der Waals surface area (Å²) >= 11 is 0. The zero-order chi connectivity index (χ0) is 20.5. The molecule has 146 valence electrons. The Balaban J connectivity index is 1.67. The van der Waals surface area contributed by atoms with E-state index in [4.69, 9.17) is 0 Å². The van der Waals surface area contributed by atoms with E-state index in [1.807, 2.05) is 45.0 Å². The van der Waals surface area contributed by atoms with Gasteiger partial charge in [0.2, 0.25) is 5.91 Å². The van der Waals surface area contributed by atoms with Crippen LogP contribution >= 0.6 is 0 Å². The summed E-state index contributed by atoms with van der Waals surface area (Å²) in [5, 5.41) is 8.35. The van der Waals surface area contributed by atoms with Crippen LogP contribution in [0.2, 0.25) is 0 Å². The molecule has 0 aliphatic carbocycles. The summed E-state index contributed by atoms with van der Waals surface area (Å²) in [7, 11) is 0. The van der Waals surface area contributed by atoms with Gasteiger partial charge in [0.05, 0.1) is 5.69 Å². The van der Waals surface area contributed by atoms with Gasteiger partial charge in [-0.05, 0) is 67.3 Å². The number of pyridine rings is 1. The maximum atomic E-state index is 13.3. The molecule has 6 heteroatoms. The molecule has 1 N–H and O–H groups in total. The second-order valence-corrected chi connectivity index (χ2v) is 7.17. The molecular formula is C23H21FN4O. The lowest BCUT2D eigenvalue weighted by Crippen LogP contribution is -2.20. The van der Waals surface area contributed by atoms with Gasteiger partial charge >= 0.3 is 0 Å². The molecule has 1 amide bonds. The Labute approximate surface area is 168 Å². The third-order valence-electron chi connectivity index (χ3n) is 4.92. The van der Waals surface area contributed by atoms with Gasteiger partial charge in [0.1, 0.15) is 12.4 Å². The highest BCUT2D eigenvalue weighted by molar-refractivity contribution is 5.96. The fourth-order valence-electron chi connectivity index (χ4n) is 3.46. The Kier molecular flexibility index (Phi) is 4.84. The van der Waals surface area contributed by atoms with Crippen molar-refractivity contribution in [3.05, 3.63) is 77.4 Å². The highest BCUT2D eigenvalue weighted by atomic mass is 19.1. The van der Waals surface area contributed by atoms with E-state index in [0.29, 0.717) is 5.65 Å². The molecule has 0 aliphatic rings. The lowest BCUT2D eigenvalue weighted by atomic mass is 10.0. The van der Waals surface area contributed by atoms with Crippen LogP contribution in [0.4, 0.5) is 10.1 Å². The standard InChI is InChI=1S/C23H21FN4O/c1-14-4-5-15(2)20(12-14)26-21(29)13-28-23-22(16(3)27-28)19(10-11-25-23)17-6-8-18(24)9-7-17/h4-12H,13H2,1-3H3,(H,26,29). The second-order valence-electron chi connectivity index (χ2n) is 7.17. The predicted molar refractivity (Wildman–Crippen MR) is 112 cm³/mol. The summed E-state index contributed by atoms with van der Waals surface area (Å²) in [6.07, 6.45) is 1.68. The van der Waals surface area contributed by atoms with Crippen LogP contribution in [0.25, 0.3) is 22.2 Å². The highest BCUT2D eigenvalue weighted by Gasteiger charge is 2.16. The first-order valence-electron chi connectivity index (χ1n) is 9.37. The molecule has 5 nitrogen and oxygen atoms in total. The number of carbonyl (C=O) groups excluding carboxylic acids is 1. The number of nitrogens with zero attached hydrogens (tertiary/aromatic N) is 3. The number of anilines is 1. The molecule has 29 heavy (non-hydrogen) atoms. The van der Waals surface area contributed by atoms with Crippen LogP contribution in [0.5, 0.6) is 0 Å². The van der Waals surface area contributed by atoms with Crippen molar-refractivity contribution in [2.45, 2.75) is 27.3 Å². The largest absolute Gasteiger partial charge is 0.324 e. The van der Waals surface area contributed by atoms with Crippen LogP contribution in [-0.4, -0.2) is 20.7 Å². The molecule has 0 bridgehead atoms. The van der Waals surface area contributed by atoms with Gasteiger partial charge < -0.3 is 5.32 Å². The topological polar surface area (TPSA) is 59.8 Å². The van der Waals surface area contributed by atoms with E-state index in [9.17, 15) is 9.18 Å². The molecule has 0 aliphatic heterocycles. The lowest BCUT2D eigenvalue weighted by molar-refractivity contribution is -0.116. The maximum Gasteiger partial charge on any atom is 0.246 e. The minimum Gasteiger partial charge on any atom is -0.324 e. The van der Waals surface area contributed by atoms with Gasteiger partial charge in [0, 0.05) is 17.3 Å². The van der Waals surface area contributed by atoms with Crippen molar-refractivity contribution >= 4 is 22.6 Å². The summed E-state index contributed by atoms with van der Waals surface area (Å²) in [5.74, 6) is -0.452. The summed E-state index contributed by atoms with van der Waals surface area (Å²) < 4.78 is 14.9. The Bertz CT molecular complexity index is 1210. The first-order valence-corrected chi connectivity index (χ1v) is 9.37. The molecular weight excluding hydrogens is 367 g/mol. The first-order chi connectivity index (χ1) is 13.9. The average molecular weight is 388 g/mol. The fraction of sp³-hybridized carbons (Fsp3) is 0.174. The predicted octanol–water partition coefficient (Wildman–Crippen LogP) is 4.80. The number of halogens is 1. The van der Waals surface area contributed by atoms with Crippen LogP contribution in [-0.2, 0) is 11.3 Å². The van der Waals surface area contributed by atoms with E-state index < -0.39 is 0 Å². The number of hydrogen-bond donors (Lipinski definition) is 1. The molecule has 0 spiro atoms. The SMILES string of the molecule is Cc1ccc(C)c(NC(=O)Cn2nc(C)c3c(-c4ccc(F)cc4)ccnc32)c1. The Morgan fingerprint density at radius 1 is 1.07 bits per heavy atom. The van der Waals surface area contributed by atoms with Crippen LogP contribution in [0.3, 0.4) is 0 Å². The van der Waals surface area contributed by atoms with Gasteiger partial charge in [-0.2, -0.15) is 5.10 Å². The molecule has 4 rings (SSSR count). The van der Waals surface area contributed by atoms with E-state index in [-0.39, 0.29) is 18.3 Å². The third kappa shape index (κ3) is 3.74. The van der Waals surface area contributed by atoms with E-state index >= 15 is 0 Å². The number of aromatic nitrogens is 3. The van der Waals surface area contributed by atoms with Crippen molar-refractivity contribution in [3.8, 4) is 11.1 Å². The molecule has 0 radical (unpaired) electrons. The number of carbonyl (C=O) groups is 1. The quantitative estimate of drug-likeness (QED) is 0.546. The average Bonchev–Trinajstić information content (AvgIpc) is 3.01. The molecule has 0 unspecified atom stereocenters. The van der Waals surface area contributed by atoms with Gasteiger partial charge in [-0.25, -0.2) is 14.1 Å². The number of benzene rings is 2. The molecule has 2 heterocycles. The molecule has 0 atom stereocenters. The molecule has 2 aromatic carbocycles. The molecule has 0 saturated heterocycles. The zero-order valence-corrected chi connectivity index (χ0v) is 16.5. The number of hydrogen-bond acceptors (Lipinski definition) is 3. The summed E-state index contributed by atoms with van der Waals surface area (Å²) in [6.45, 7) is 5.88. The maximum absolute atomic E-state index is 13.3. The number of fused-ring (bicyclic) bond motifs is 1. The third-order valence-corrected chi connectivity index (χ3v) is 4.92. The van der Waals surface area contributed by atoms with E-state index in [1.165, 1.54) is 12.1 Å². The fourth-order valence-corrected chi connectivity index (χ4v) is 3.46. The molecule has 4 aromatic rings. The van der Waals surface area contributed by atoms with Crippen molar-refractivity contribution in [1.82, 2.24) is 14.8 Å². The Hall–Kier alpha value is -3.54. The van der Waals surface area contributed by atoms with Crippen molar-refractivity contribution < 1.29 is 9.18 Å². The smallest absolute Gasteiger partial charge is 0.246 e. The van der Waals surface area contributed by atoms with Crippen LogP contribution in [0.1, 0.15) is 16.8 Å². The van der Waals surface area contributed by atoms with Crippen molar-refractivity contribution in [2.24, 2.45) is 0 Å². The minimum atomic E-state index is -0.283. The van der Waals surface area contributed by atoms with E-state index in [0.717, 1.165) is 39.0 Å². The first kappa shape index (κ1) is 18.8. The van der Waals surface area contributed by atoms with Crippen LogP contribution in [0, 0.1) is 26.6 Å². The van der Waals surface area contributed by atoms with Crippen molar-refractivity contribution in [2.75, 3.05) is 5.32 Å². The van der Waals surface area contributed by atoms with Gasteiger partial charge in [-0.15, -0.1) is 0 Å². The molecule has 0 saturated carbocycles.